The van der Waals surface area contributed by atoms with Crippen LogP contribution in [0.4, 0.5) is 0 Å². The molecule has 17 heavy (non-hydrogen) atoms. The van der Waals surface area contributed by atoms with E-state index in [1.165, 1.54) is 5.56 Å². The molecular formula is C14H18ClNO. The molecule has 3 heteroatoms. The predicted octanol–water partition coefficient (Wildman–Crippen LogP) is 2.93. The molecule has 0 N–H and O–H groups in total. The van der Waals surface area contributed by atoms with Gasteiger partial charge in [-0.25, -0.2) is 0 Å². The Bertz CT molecular complexity index is 419. The van der Waals surface area contributed by atoms with Gasteiger partial charge >= 0.3 is 0 Å². The third-order valence-electron chi connectivity index (χ3n) is 3.28. The maximum absolute atomic E-state index is 11.7. The van der Waals surface area contributed by atoms with Gasteiger partial charge in [0.25, 0.3) is 0 Å². The van der Waals surface area contributed by atoms with Crippen LogP contribution in [0.5, 0.6) is 0 Å². The van der Waals surface area contributed by atoms with Gasteiger partial charge in [-0.2, -0.15) is 0 Å². The lowest BCUT2D eigenvalue weighted by atomic mass is 9.88. The number of rotatable bonds is 2. The summed E-state index contributed by atoms with van der Waals surface area (Å²) in [6, 6.07) is 7.78. The van der Waals surface area contributed by atoms with Gasteiger partial charge in [0.1, 0.15) is 0 Å². The second-order valence-corrected chi connectivity index (χ2v) is 6.05. The van der Waals surface area contributed by atoms with E-state index >= 15 is 0 Å². The normalized spacial score (nSPS) is 21.4. The minimum Gasteiger partial charge on any atom is -0.296 e. The number of benzene rings is 1. The van der Waals surface area contributed by atoms with Gasteiger partial charge in [0, 0.05) is 10.6 Å². The molecule has 1 saturated heterocycles. The number of ketones is 1. The van der Waals surface area contributed by atoms with Gasteiger partial charge in [-0.05, 0) is 44.9 Å². The average molecular weight is 252 g/mol. The van der Waals surface area contributed by atoms with E-state index < -0.39 is 0 Å². The van der Waals surface area contributed by atoms with Gasteiger partial charge in [-0.15, -0.1) is 0 Å². The summed E-state index contributed by atoms with van der Waals surface area (Å²) in [4.78, 5) is 13.9. The highest BCUT2D eigenvalue weighted by Gasteiger charge is 2.42. The smallest absolute Gasteiger partial charge is 0.164 e. The Labute approximate surface area is 108 Å². The Morgan fingerprint density at radius 2 is 1.88 bits per heavy atom. The van der Waals surface area contributed by atoms with E-state index in [4.69, 9.17) is 11.6 Å². The second-order valence-electron chi connectivity index (χ2n) is 5.61. The predicted molar refractivity (Wildman–Crippen MR) is 70.4 cm³/mol. The van der Waals surface area contributed by atoms with Crippen LogP contribution >= 0.6 is 11.6 Å². The minimum atomic E-state index is 0.0381. The topological polar surface area (TPSA) is 20.3 Å². The molecule has 1 heterocycles. The molecule has 1 aromatic rings. The first-order chi connectivity index (χ1) is 7.88. The number of carbonyl (C=O) groups is 1. The number of hydrogen-bond acceptors (Lipinski definition) is 2. The quantitative estimate of drug-likeness (QED) is 0.806. The van der Waals surface area contributed by atoms with Crippen molar-refractivity contribution in [2.24, 2.45) is 0 Å². The van der Waals surface area contributed by atoms with Crippen LogP contribution in [0.3, 0.4) is 0 Å². The van der Waals surface area contributed by atoms with Crippen LogP contribution in [0.15, 0.2) is 24.3 Å². The molecule has 92 valence electrons. The van der Waals surface area contributed by atoms with Gasteiger partial charge < -0.3 is 0 Å². The Hall–Kier alpha value is -0.860. The molecule has 1 fully saturated rings. The highest BCUT2D eigenvalue weighted by atomic mass is 35.5. The van der Waals surface area contributed by atoms with Crippen molar-refractivity contribution in [2.45, 2.75) is 38.8 Å². The SMILES string of the molecule is CC(C)(C)N1CC(=O)[C@@H]1Cc1ccc(Cl)cc1. The number of halogens is 1. The fourth-order valence-corrected chi connectivity index (χ4v) is 2.34. The van der Waals surface area contributed by atoms with Crippen LogP contribution in [0.1, 0.15) is 26.3 Å². The van der Waals surface area contributed by atoms with Crippen LogP contribution in [-0.4, -0.2) is 28.8 Å². The van der Waals surface area contributed by atoms with Crippen LogP contribution in [0.2, 0.25) is 5.02 Å². The van der Waals surface area contributed by atoms with Gasteiger partial charge in [0.05, 0.1) is 12.6 Å². The van der Waals surface area contributed by atoms with E-state index in [-0.39, 0.29) is 11.6 Å². The summed E-state index contributed by atoms with van der Waals surface area (Å²) in [5, 5.41) is 0.737. The fourth-order valence-electron chi connectivity index (χ4n) is 2.22. The molecule has 0 aromatic heterocycles. The maximum atomic E-state index is 11.7. The molecule has 1 aromatic carbocycles. The van der Waals surface area contributed by atoms with Crippen molar-refractivity contribution in [3.63, 3.8) is 0 Å². The van der Waals surface area contributed by atoms with Gasteiger partial charge in [0.2, 0.25) is 0 Å². The van der Waals surface area contributed by atoms with Crippen molar-refractivity contribution in [1.29, 1.82) is 0 Å². The third kappa shape index (κ3) is 2.70. The lowest BCUT2D eigenvalue weighted by Gasteiger charge is -2.48. The standard InChI is InChI=1S/C14H18ClNO/c1-14(2,3)16-9-13(17)12(16)8-10-4-6-11(15)7-5-10/h4-7,12H,8-9H2,1-3H3/t12-/m0/s1. The van der Waals surface area contributed by atoms with Crippen LogP contribution < -0.4 is 0 Å². The number of carbonyl (C=O) groups excluding carboxylic acids is 1. The Morgan fingerprint density at radius 1 is 1.29 bits per heavy atom. The summed E-state index contributed by atoms with van der Waals surface area (Å²) in [5.41, 5.74) is 1.23. The Kier molecular flexibility index (Phi) is 3.28. The number of nitrogens with zero attached hydrogens (tertiary/aromatic N) is 1. The zero-order valence-electron chi connectivity index (χ0n) is 10.5. The van der Waals surface area contributed by atoms with Gasteiger partial charge in [-0.3, -0.25) is 9.69 Å². The molecular weight excluding hydrogens is 234 g/mol. The van der Waals surface area contributed by atoms with Crippen LogP contribution in [-0.2, 0) is 11.2 Å². The molecule has 0 aliphatic carbocycles. The summed E-state index contributed by atoms with van der Waals surface area (Å²) in [6.07, 6.45) is 0.785. The molecule has 0 amide bonds. The molecule has 0 spiro atoms. The zero-order valence-corrected chi connectivity index (χ0v) is 11.3. The van der Waals surface area contributed by atoms with E-state index in [0.29, 0.717) is 12.3 Å². The number of Topliss-reactive ketones (excluding diaryl/α,β-unsaturated/α-hetero) is 1. The molecule has 0 saturated carbocycles. The summed E-state index contributed by atoms with van der Waals surface area (Å²) < 4.78 is 0. The Morgan fingerprint density at radius 3 is 2.35 bits per heavy atom. The fraction of sp³-hybridized carbons (Fsp3) is 0.500. The van der Waals surface area contributed by atoms with E-state index in [2.05, 4.69) is 25.7 Å². The average Bonchev–Trinajstić information content (AvgIpc) is 2.23. The van der Waals surface area contributed by atoms with E-state index in [1.807, 2.05) is 24.3 Å². The largest absolute Gasteiger partial charge is 0.296 e. The molecule has 2 nitrogen and oxygen atoms in total. The van der Waals surface area contributed by atoms with Gasteiger partial charge in [-0.1, -0.05) is 23.7 Å². The number of likely N-dealkylation sites (tertiary alicyclic amines) is 1. The zero-order chi connectivity index (χ0) is 12.6. The Balaban J connectivity index is 2.07. The first-order valence-corrected chi connectivity index (χ1v) is 6.29. The lowest BCUT2D eigenvalue weighted by Crippen LogP contribution is -2.64. The molecule has 0 radical (unpaired) electrons. The van der Waals surface area contributed by atoms with Crippen LogP contribution in [0.25, 0.3) is 0 Å². The van der Waals surface area contributed by atoms with Crippen molar-refractivity contribution in [1.82, 2.24) is 4.90 Å². The minimum absolute atomic E-state index is 0.0381. The molecule has 1 atom stereocenters. The number of hydrogen-bond donors (Lipinski definition) is 0. The highest BCUT2D eigenvalue weighted by Crippen LogP contribution is 2.27. The summed E-state index contributed by atoms with van der Waals surface area (Å²) in [6.45, 7) is 7.03. The summed E-state index contributed by atoms with van der Waals surface area (Å²) >= 11 is 5.85. The third-order valence-corrected chi connectivity index (χ3v) is 3.53. The maximum Gasteiger partial charge on any atom is 0.164 e. The van der Waals surface area contributed by atoms with Gasteiger partial charge in [0.15, 0.2) is 5.78 Å². The van der Waals surface area contributed by atoms with E-state index in [0.717, 1.165) is 11.4 Å². The van der Waals surface area contributed by atoms with Crippen LogP contribution in [0, 0.1) is 0 Å². The molecule has 0 unspecified atom stereocenters. The molecule has 0 bridgehead atoms. The van der Waals surface area contributed by atoms with Crippen molar-refractivity contribution in [3.8, 4) is 0 Å². The highest BCUT2D eigenvalue weighted by molar-refractivity contribution is 6.30. The first-order valence-electron chi connectivity index (χ1n) is 5.92. The lowest BCUT2D eigenvalue weighted by molar-refractivity contribution is -0.142. The van der Waals surface area contributed by atoms with Crippen molar-refractivity contribution in [2.75, 3.05) is 6.54 Å². The second kappa shape index (κ2) is 4.43. The summed E-state index contributed by atoms with van der Waals surface area (Å²) in [5.74, 6) is 0.342. The van der Waals surface area contributed by atoms with Crippen molar-refractivity contribution in [3.05, 3.63) is 34.9 Å². The molecule has 1 aliphatic rings. The van der Waals surface area contributed by atoms with E-state index in [9.17, 15) is 4.79 Å². The summed E-state index contributed by atoms with van der Waals surface area (Å²) in [7, 11) is 0. The van der Waals surface area contributed by atoms with Crippen molar-refractivity contribution < 1.29 is 4.79 Å². The van der Waals surface area contributed by atoms with Crippen molar-refractivity contribution >= 4 is 17.4 Å². The first kappa shape index (κ1) is 12.6. The monoisotopic (exact) mass is 251 g/mol. The molecule has 2 rings (SSSR count). The van der Waals surface area contributed by atoms with E-state index in [1.54, 1.807) is 0 Å². The molecule has 1 aliphatic heterocycles.